The van der Waals surface area contributed by atoms with Gasteiger partial charge in [0.25, 0.3) is 0 Å². The average molecular weight is 138 g/mol. The Balaban J connectivity index is 2.83. The summed E-state index contributed by atoms with van der Waals surface area (Å²) in [4.78, 5) is 0. The summed E-state index contributed by atoms with van der Waals surface area (Å²) in [6.45, 7) is 6.34. The van der Waals surface area contributed by atoms with Crippen LogP contribution in [0.4, 0.5) is 0 Å². The summed E-state index contributed by atoms with van der Waals surface area (Å²) in [5.74, 6) is 0. The summed E-state index contributed by atoms with van der Waals surface area (Å²) in [7, 11) is 0. The van der Waals surface area contributed by atoms with Crippen LogP contribution in [0.15, 0.2) is 0 Å². The standard InChI is InChI=1S/C8H14N2/c1-4-5-8-6(2)7(3)9-10-8/h4-5H2,1-3H3,(H,9,10). The number of rotatable bonds is 2. The summed E-state index contributed by atoms with van der Waals surface area (Å²) >= 11 is 0. The summed E-state index contributed by atoms with van der Waals surface area (Å²) < 4.78 is 0. The van der Waals surface area contributed by atoms with Gasteiger partial charge in [0, 0.05) is 5.69 Å². The molecule has 1 N–H and O–H groups in total. The van der Waals surface area contributed by atoms with E-state index in [9.17, 15) is 0 Å². The molecular weight excluding hydrogens is 124 g/mol. The topological polar surface area (TPSA) is 28.7 Å². The predicted octanol–water partition coefficient (Wildman–Crippen LogP) is 1.98. The van der Waals surface area contributed by atoms with Crippen LogP contribution in [0, 0.1) is 13.8 Å². The maximum Gasteiger partial charge on any atom is 0.0653 e. The molecule has 0 fully saturated rings. The van der Waals surface area contributed by atoms with Crippen molar-refractivity contribution in [3.63, 3.8) is 0 Å². The van der Waals surface area contributed by atoms with Gasteiger partial charge in [-0.3, -0.25) is 5.10 Å². The third-order valence-corrected chi connectivity index (χ3v) is 1.84. The van der Waals surface area contributed by atoms with E-state index in [0.717, 1.165) is 6.42 Å². The lowest BCUT2D eigenvalue weighted by Gasteiger charge is -1.92. The van der Waals surface area contributed by atoms with Crippen molar-refractivity contribution in [3.8, 4) is 0 Å². The van der Waals surface area contributed by atoms with E-state index in [4.69, 9.17) is 0 Å². The summed E-state index contributed by atoms with van der Waals surface area (Å²) in [5.41, 5.74) is 3.74. The van der Waals surface area contributed by atoms with Gasteiger partial charge in [-0.05, 0) is 25.8 Å². The molecule has 0 radical (unpaired) electrons. The molecule has 2 nitrogen and oxygen atoms in total. The van der Waals surface area contributed by atoms with Crippen LogP contribution in [0.1, 0.15) is 30.3 Å². The first-order valence-electron chi connectivity index (χ1n) is 3.76. The van der Waals surface area contributed by atoms with E-state index in [2.05, 4.69) is 31.0 Å². The molecule has 1 heterocycles. The normalized spacial score (nSPS) is 10.3. The molecule has 0 aliphatic heterocycles. The maximum absolute atomic E-state index is 4.18. The molecule has 0 aliphatic carbocycles. The molecule has 0 amide bonds. The van der Waals surface area contributed by atoms with E-state index in [0.29, 0.717) is 0 Å². The second-order valence-corrected chi connectivity index (χ2v) is 2.67. The molecule has 1 aromatic rings. The van der Waals surface area contributed by atoms with E-state index >= 15 is 0 Å². The zero-order chi connectivity index (χ0) is 7.56. The number of aromatic nitrogens is 2. The fraction of sp³-hybridized carbons (Fsp3) is 0.625. The molecule has 0 saturated carbocycles. The van der Waals surface area contributed by atoms with Crippen LogP contribution >= 0.6 is 0 Å². The number of nitrogens with zero attached hydrogens (tertiary/aromatic N) is 1. The van der Waals surface area contributed by atoms with Gasteiger partial charge in [-0.15, -0.1) is 0 Å². The molecule has 1 aromatic heterocycles. The van der Waals surface area contributed by atoms with Crippen molar-refractivity contribution >= 4 is 0 Å². The average Bonchev–Trinajstić information content (AvgIpc) is 2.20. The Morgan fingerprint density at radius 2 is 2.10 bits per heavy atom. The lowest BCUT2D eigenvalue weighted by atomic mass is 10.1. The van der Waals surface area contributed by atoms with Crippen molar-refractivity contribution in [1.29, 1.82) is 0 Å². The van der Waals surface area contributed by atoms with E-state index in [1.807, 2.05) is 0 Å². The van der Waals surface area contributed by atoms with Crippen LogP contribution in [0.5, 0.6) is 0 Å². The van der Waals surface area contributed by atoms with E-state index in [-0.39, 0.29) is 0 Å². The Morgan fingerprint density at radius 1 is 1.40 bits per heavy atom. The van der Waals surface area contributed by atoms with Gasteiger partial charge in [0.15, 0.2) is 0 Å². The Hall–Kier alpha value is -0.790. The van der Waals surface area contributed by atoms with Gasteiger partial charge in [-0.1, -0.05) is 13.3 Å². The predicted molar refractivity (Wildman–Crippen MR) is 42.1 cm³/mol. The van der Waals surface area contributed by atoms with Crippen molar-refractivity contribution in [2.45, 2.75) is 33.6 Å². The minimum atomic E-state index is 1.09. The summed E-state index contributed by atoms with van der Waals surface area (Å²) in [6.07, 6.45) is 2.27. The number of hydrogen-bond donors (Lipinski definition) is 1. The van der Waals surface area contributed by atoms with Crippen LogP contribution in [0.25, 0.3) is 0 Å². The van der Waals surface area contributed by atoms with Gasteiger partial charge in [0.1, 0.15) is 0 Å². The number of H-pyrrole nitrogens is 1. The number of hydrogen-bond acceptors (Lipinski definition) is 1. The van der Waals surface area contributed by atoms with Crippen LogP contribution in [0.3, 0.4) is 0 Å². The number of aryl methyl sites for hydroxylation is 2. The smallest absolute Gasteiger partial charge is 0.0653 e. The van der Waals surface area contributed by atoms with Gasteiger partial charge >= 0.3 is 0 Å². The maximum atomic E-state index is 4.18. The van der Waals surface area contributed by atoms with E-state index in [1.165, 1.54) is 23.4 Å². The first-order chi connectivity index (χ1) is 4.75. The second-order valence-electron chi connectivity index (χ2n) is 2.67. The Kier molecular flexibility index (Phi) is 2.10. The Bertz CT molecular complexity index is 213. The van der Waals surface area contributed by atoms with Gasteiger partial charge in [0.2, 0.25) is 0 Å². The van der Waals surface area contributed by atoms with Crippen molar-refractivity contribution in [2.75, 3.05) is 0 Å². The fourth-order valence-electron chi connectivity index (χ4n) is 1.02. The van der Waals surface area contributed by atoms with Crippen molar-refractivity contribution in [3.05, 3.63) is 17.0 Å². The van der Waals surface area contributed by atoms with Crippen LogP contribution in [-0.4, -0.2) is 10.2 Å². The Morgan fingerprint density at radius 3 is 2.50 bits per heavy atom. The monoisotopic (exact) mass is 138 g/mol. The SMILES string of the molecule is CCCc1n[nH]c(C)c1C. The molecule has 56 valence electrons. The quantitative estimate of drug-likeness (QED) is 0.665. The third-order valence-electron chi connectivity index (χ3n) is 1.84. The van der Waals surface area contributed by atoms with Crippen LogP contribution in [0.2, 0.25) is 0 Å². The molecule has 2 heteroatoms. The molecule has 0 spiro atoms. The second kappa shape index (κ2) is 2.86. The van der Waals surface area contributed by atoms with Gasteiger partial charge in [-0.25, -0.2) is 0 Å². The fourth-order valence-corrected chi connectivity index (χ4v) is 1.02. The summed E-state index contributed by atoms with van der Waals surface area (Å²) in [6, 6.07) is 0. The van der Waals surface area contributed by atoms with Gasteiger partial charge < -0.3 is 0 Å². The highest BCUT2D eigenvalue weighted by Gasteiger charge is 2.02. The molecule has 1 rings (SSSR count). The van der Waals surface area contributed by atoms with Gasteiger partial charge in [0.05, 0.1) is 5.69 Å². The van der Waals surface area contributed by atoms with Crippen molar-refractivity contribution in [2.24, 2.45) is 0 Å². The zero-order valence-electron chi connectivity index (χ0n) is 6.86. The highest BCUT2D eigenvalue weighted by molar-refractivity contribution is 5.21. The molecule has 0 bridgehead atoms. The summed E-state index contributed by atoms with van der Waals surface area (Å²) in [5, 5.41) is 7.15. The van der Waals surface area contributed by atoms with Crippen LogP contribution in [-0.2, 0) is 6.42 Å². The Labute approximate surface area is 61.7 Å². The van der Waals surface area contributed by atoms with Crippen LogP contribution < -0.4 is 0 Å². The molecule has 0 aromatic carbocycles. The largest absolute Gasteiger partial charge is 0.282 e. The molecule has 0 saturated heterocycles. The third kappa shape index (κ3) is 1.20. The lowest BCUT2D eigenvalue weighted by Crippen LogP contribution is -1.85. The first-order valence-corrected chi connectivity index (χ1v) is 3.76. The van der Waals surface area contributed by atoms with E-state index < -0.39 is 0 Å². The lowest BCUT2D eigenvalue weighted by molar-refractivity contribution is 0.860. The molecule has 0 atom stereocenters. The number of aromatic amines is 1. The zero-order valence-corrected chi connectivity index (χ0v) is 6.86. The molecule has 0 unspecified atom stereocenters. The highest BCUT2D eigenvalue weighted by Crippen LogP contribution is 2.09. The highest BCUT2D eigenvalue weighted by atomic mass is 15.1. The molecule has 10 heavy (non-hydrogen) atoms. The van der Waals surface area contributed by atoms with E-state index in [1.54, 1.807) is 0 Å². The minimum absolute atomic E-state index is 1.09. The van der Waals surface area contributed by atoms with Crippen molar-refractivity contribution < 1.29 is 0 Å². The van der Waals surface area contributed by atoms with Crippen molar-refractivity contribution in [1.82, 2.24) is 10.2 Å². The molecular formula is C8H14N2. The molecule has 0 aliphatic rings. The van der Waals surface area contributed by atoms with Gasteiger partial charge in [-0.2, -0.15) is 5.10 Å². The minimum Gasteiger partial charge on any atom is -0.282 e. The number of nitrogens with one attached hydrogen (secondary N) is 1. The first kappa shape index (κ1) is 7.32.